The summed E-state index contributed by atoms with van der Waals surface area (Å²) in [5.74, 6) is -0.248. The minimum absolute atomic E-state index is 0. The first-order valence-corrected chi connectivity index (χ1v) is 14.1. The summed E-state index contributed by atoms with van der Waals surface area (Å²) in [6.45, 7) is 1.46. The highest BCUT2D eigenvalue weighted by Crippen LogP contribution is 2.34. The minimum Gasteiger partial charge on any atom is -0.308 e. The Kier molecular flexibility index (Phi) is 8.11. The van der Waals surface area contributed by atoms with Crippen LogP contribution in [-0.4, -0.2) is 57.9 Å². The maximum Gasteiger partial charge on any atom is 0.264 e. The van der Waals surface area contributed by atoms with Crippen molar-refractivity contribution in [2.45, 2.75) is 11.3 Å². The largest absolute Gasteiger partial charge is 0.308 e. The molecule has 1 aromatic heterocycles. The number of hydrogen-bond acceptors (Lipinski definition) is 6. The van der Waals surface area contributed by atoms with Gasteiger partial charge in [-0.2, -0.15) is 0 Å². The predicted octanol–water partition coefficient (Wildman–Crippen LogP) is 5.33. The molecule has 0 saturated heterocycles. The van der Waals surface area contributed by atoms with E-state index in [0.29, 0.717) is 53.0 Å². The first-order chi connectivity index (χ1) is 17.3. The van der Waals surface area contributed by atoms with Gasteiger partial charge in [0.2, 0.25) is 0 Å². The van der Waals surface area contributed by atoms with E-state index in [9.17, 15) is 13.2 Å². The number of aromatic nitrogens is 1. The first-order valence-electron chi connectivity index (χ1n) is 11.5. The number of sulfonamides is 1. The van der Waals surface area contributed by atoms with Crippen LogP contribution in [0.4, 0.5) is 10.8 Å². The zero-order chi connectivity index (χ0) is 25.4. The Morgan fingerprint density at radius 3 is 2.46 bits per heavy atom. The quantitative estimate of drug-likeness (QED) is 0.297. The number of benzene rings is 3. The summed E-state index contributed by atoms with van der Waals surface area (Å²) in [5.41, 5.74) is 2.77. The molecule has 11 heteroatoms. The van der Waals surface area contributed by atoms with E-state index in [1.807, 2.05) is 55.4 Å². The molecule has 1 aliphatic rings. The fraction of sp³-hybridized carbons (Fsp3) is 0.231. The van der Waals surface area contributed by atoms with Gasteiger partial charge in [-0.3, -0.25) is 14.0 Å². The number of hydrogen-bond donors (Lipinski definition) is 0. The SMILES string of the molecule is CN(C)CCN(C(=O)c1ccc(S(=O)(=O)N2CCc3ccccc32)cc1)c1nc2c(Cl)cccc2s1.Cl. The second-order valence-corrected chi connectivity index (χ2v) is 12.1. The average Bonchev–Trinajstić information content (AvgIpc) is 3.50. The third-order valence-electron chi connectivity index (χ3n) is 6.14. The van der Waals surface area contributed by atoms with Crippen molar-refractivity contribution in [3.05, 3.63) is 82.9 Å². The summed E-state index contributed by atoms with van der Waals surface area (Å²) in [7, 11) is 0.143. The van der Waals surface area contributed by atoms with Gasteiger partial charge < -0.3 is 4.90 Å². The lowest BCUT2D eigenvalue weighted by molar-refractivity contribution is 0.0985. The molecule has 194 valence electrons. The molecule has 0 atom stereocenters. The molecule has 0 bridgehead atoms. The summed E-state index contributed by atoms with van der Waals surface area (Å²) in [4.78, 5) is 22.0. The van der Waals surface area contributed by atoms with E-state index in [0.717, 1.165) is 10.3 Å². The summed E-state index contributed by atoms with van der Waals surface area (Å²) in [6.07, 6.45) is 0.680. The summed E-state index contributed by atoms with van der Waals surface area (Å²) in [6, 6.07) is 19.2. The Morgan fingerprint density at radius 2 is 1.76 bits per heavy atom. The van der Waals surface area contributed by atoms with E-state index in [1.165, 1.54) is 27.8 Å². The molecule has 0 fully saturated rings. The number of thiazole rings is 1. The third kappa shape index (κ3) is 5.32. The predicted molar refractivity (Wildman–Crippen MR) is 153 cm³/mol. The number of anilines is 2. The van der Waals surface area contributed by atoms with Gasteiger partial charge in [0.05, 0.1) is 20.3 Å². The molecule has 7 nitrogen and oxygen atoms in total. The second kappa shape index (κ2) is 11.0. The average molecular weight is 578 g/mol. The molecule has 0 aliphatic carbocycles. The Morgan fingerprint density at radius 1 is 1.03 bits per heavy atom. The smallest absolute Gasteiger partial charge is 0.264 e. The first kappa shape index (κ1) is 27.3. The number of halogens is 2. The molecule has 5 rings (SSSR count). The number of likely N-dealkylation sites (N-methyl/N-ethyl adjacent to an activating group) is 1. The van der Waals surface area contributed by atoms with Gasteiger partial charge in [0.25, 0.3) is 15.9 Å². The topological polar surface area (TPSA) is 73.8 Å². The van der Waals surface area contributed by atoms with E-state index in [2.05, 4.69) is 4.98 Å². The van der Waals surface area contributed by atoms with E-state index in [4.69, 9.17) is 11.6 Å². The van der Waals surface area contributed by atoms with E-state index in [1.54, 1.807) is 23.1 Å². The van der Waals surface area contributed by atoms with Crippen LogP contribution in [0.3, 0.4) is 0 Å². The molecule has 0 N–H and O–H groups in total. The number of rotatable bonds is 7. The van der Waals surface area contributed by atoms with Crippen LogP contribution in [0.2, 0.25) is 5.02 Å². The van der Waals surface area contributed by atoms with E-state index in [-0.39, 0.29) is 23.2 Å². The van der Waals surface area contributed by atoms with Gasteiger partial charge in [0, 0.05) is 25.2 Å². The van der Waals surface area contributed by atoms with Gasteiger partial charge in [-0.15, -0.1) is 12.4 Å². The Labute approximate surface area is 231 Å². The van der Waals surface area contributed by atoms with Crippen molar-refractivity contribution in [1.82, 2.24) is 9.88 Å². The van der Waals surface area contributed by atoms with Gasteiger partial charge >= 0.3 is 0 Å². The van der Waals surface area contributed by atoms with Gasteiger partial charge in [0.15, 0.2) is 5.13 Å². The van der Waals surface area contributed by atoms with Gasteiger partial charge in [0.1, 0.15) is 5.52 Å². The minimum atomic E-state index is -3.73. The molecule has 4 aromatic rings. The number of fused-ring (bicyclic) bond motifs is 2. The van der Waals surface area contributed by atoms with Crippen molar-refractivity contribution in [3.8, 4) is 0 Å². The van der Waals surface area contributed by atoms with Crippen LogP contribution in [0, 0.1) is 0 Å². The third-order valence-corrected chi connectivity index (χ3v) is 9.32. The molecule has 0 spiro atoms. The molecular weight excluding hydrogens is 551 g/mol. The van der Waals surface area contributed by atoms with Crippen LogP contribution in [0.5, 0.6) is 0 Å². The normalized spacial score (nSPS) is 13.0. The summed E-state index contributed by atoms with van der Waals surface area (Å²) < 4.78 is 29.0. The molecule has 0 unspecified atom stereocenters. The number of amides is 1. The van der Waals surface area contributed by atoms with Crippen molar-refractivity contribution in [2.75, 3.05) is 42.9 Å². The number of para-hydroxylation sites is 2. The van der Waals surface area contributed by atoms with Crippen LogP contribution in [-0.2, 0) is 16.4 Å². The Balaban J connectivity index is 0.00000320. The fourth-order valence-corrected chi connectivity index (χ4v) is 7.01. The van der Waals surface area contributed by atoms with Gasteiger partial charge in [-0.1, -0.05) is 47.2 Å². The standard InChI is InChI=1S/C26H25ClN4O3S2.ClH/c1-29(2)16-17-30(26-28-24-21(27)7-5-9-23(24)35-26)25(32)19-10-12-20(13-11-19)36(33,34)31-15-14-18-6-3-4-8-22(18)31;/h3-13H,14-17H2,1-2H3;1H. The maximum atomic E-state index is 13.6. The Bertz CT molecular complexity index is 1540. The van der Waals surface area contributed by atoms with Gasteiger partial charge in [-0.25, -0.2) is 13.4 Å². The summed E-state index contributed by atoms with van der Waals surface area (Å²) in [5, 5.41) is 1.09. The van der Waals surface area contributed by atoms with Crippen LogP contribution >= 0.6 is 35.3 Å². The van der Waals surface area contributed by atoms with Crippen LogP contribution in [0.15, 0.2) is 71.6 Å². The van der Waals surface area contributed by atoms with Crippen molar-refractivity contribution >= 4 is 72.3 Å². The second-order valence-electron chi connectivity index (χ2n) is 8.82. The lowest BCUT2D eigenvalue weighted by Gasteiger charge is -2.22. The maximum absolute atomic E-state index is 13.6. The zero-order valence-corrected chi connectivity index (χ0v) is 23.5. The van der Waals surface area contributed by atoms with Crippen molar-refractivity contribution in [2.24, 2.45) is 0 Å². The monoisotopic (exact) mass is 576 g/mol. The molecule has 1 aliphatic heterocycles. The zero-order valence-electron chi connectivity index (χ0n) is 20.3. The van der Waals surface area contributed by atoms with E-state index >= 15 is 0 Å². The highest BCUT2D eigenvalue weighted by Gasteiger charge is 2.31. The van der Waals surface area contributed by atoms with Crippen LogP contribution in [0.25, 0.3) is 10.2 Å². The molecule has 0 radical (unpaired) electrons. The fourth-order valence-electron chi connectivity index (χ4n) is 4.21. The van der Waals surface area contributed by atoms with Crippen molar-refractivity contribution in [3.63, 3.8) is 0 Å². The van der Waals surface area contributed by atoms with Crippen LogP contribution < -0.4 is 9.21 Å². The summed E-state index contributed by atoms with van der Waals surface area (Å²) >= 11 is 7.72. The van der Waals surface area contributed by atoms with Crippen LogP contribution in [0.1, 0.15) is 15.9 Å². The number of carbonyl (C=O) groups excluding carboxylic acids is 1. The molecule has 2 heterocycles. The van der Waals surface area contributed by atoms with Crippen molar-refractivity contribution in [1.29, 1.82) is 0 Å². The highest BCUT2D eigenvalue weighted by atomic mass is 35.5. The molecule has 0 saturated carbocycles. The lowest BCUT2D eigenvalue weighted by Crippen LogP contribution is -2.36. The molecule has 3 aromatic carbocycles. The van der Waals surface area contributed by atoms with Crippen molar-refractivity contribution < 1.29 is 13.2 Å². The lowest BCUT2D eigenvalue weighted by atomic mass is 10.2. The van der Waals surface area contributed by atoms with E-state index < -0.39 is 10.0 Å². The number of nitrogens with zero attached hydrogens (tertiary/aromatic N) is 4. The molecular formula is C26H26Cl2N4O3S2. The Hall–Kier alpha value is -2.69. The van der Waals surface area contributed by atoms with Gasteiger partial charge in [-0.05, 0) is 68.5 Å². The highest BCUT2D eigenvalue weighted by molar-refractivity contribution is 7.92. The number of carbonyl (C=O) groups is 1. The molecule has 37 heavy (non-hydrogen) atoms. The molecule has 1 amide bonds.